The van der Waals surface area contributed by atoms with Crippen LogP contribution in [0.3, 0.4) is 0 Å². The topological polar surface area (TPSA) is 46.0 Å². The molecule has 1 aliphatic rings. The summed E-state index contributed by atoms with van der Waals surface area (Å²) in [6.45, 7) is 0. The van der Waals surface area contributed by atoms with Crippen LogP contribution in [0.2, 0.25) is 0 Å². The fourth-order valence-electron chi connectivity index (χ4n) is 1.20. The van der Waals surface area contributed by atoms with Crippen molar-refractivity contribution in [3.63, 3.8) is 0 Å². The minimum absolute atomic E-state index is 0.406. The molecule has 0 fully saturated rings. The molecule has 0 amide bonds. The summed E-state index contributed by atoms with van der Waals surface area (Å²) in [6, 6.07) is 0. The first-order chi connectivity index (χ1) is 5.38. The standard InChI is InChI=1S/C8H8N2O/c11-8-3-1-2-7-6(8)4-9-5-10-7/h2,4-5,11H,1,3H2. The third-order valence-corrected chi connectivity index (χ3v) is 1.77. The summed E-state index contributed by atoms with van der Waals surface area (Å²) in [7, 11) is 0. The highest BCUT2D eigenvalue weighted by Gasteiger charge is 2.01. The Morgan fingerprint density at radius 1 is 1.45 bits per heavy atom. The SMILES string of the molecule is OC1=c2cncnc2=CCC1. The monoisotopic (exact) mass is 148 g/mol. The van der Waals surface area contributed by atoms with E-state index in [1.54, 1.807) is 6.20 Å². The predicted molar refractivity (Wildman–Crippen MR) is 41.0 cm³/mol. The molecule has 0 aromatic carbocycles. The smallest absolute Gasteiger partial charge is 0.116 e. The maximum absolute atomic E-state index is 9.38. The molecule has 3 heteroatoms. The highest BCUT2D eigenvalue weighted by atomic mass is 16.3. The van der Waals surface area contributed by atoms with E-state index in [4.69, 9.17) is 0 Å². The molecular formula is C8H8N2O. The molecule has 11 heavy (non-hydrogen) atoms. The van der Waals surface area contributed by atoms with E-state index in [0.29, 0.717) is 12.2 Å². The fourth-order valence-corrected chi connectivity index (χ4v) is 1.20. The van der Waals surface area contributed by atoms with Crippen molar-refractivity contribution in [2.24, 2.45) is 0 Å². The summed E-state index contributed by atoms with van der Waals surface area (Å²) in [6.07, 6.45) is 6.73. The van der Waals surface area contributed by atoms with Crippen molar-refractivity contribution in [1.29, 1.82) is 0 Å². The second-order valence-corrected chi connectivity index (χ2v) is 2.51. The van der Waals surface area contributed by atoms with Gasteiger partial charge >= 0.3 is 0 Å². The lowest BCUT2D eigenvalue weighted by molar-refractivity contribution is 0.477. The first-order valence-electron chi connectivity index (χ1n) is 3.56. The Hall–Kier alpha value is -1.38. The van der Waals surface area contributed by atoms with E-state index < -0.39 is 0 Å². The van der Waals surface area contributed by atoms with Gasteiger partial charge in [-0.1, -0.05) is 6.08 Å². The van der Waals surface area contributed by atoms with Crippen molar-refractivity contribution in [2.45, 2.75) is 12.8 Å². The van der Waals surface area contributed by atoms with Gasteiger partial charge in [0.05, 0.1) is 10.6 Å². The Kier molecular flexibility index (Phi) is 1.35. The molecule has 0 saturated carbocycles. The Morgan fingerprint density at radius 3 is 3.18 bits per heavy atom. The zero-order valence-electron chi connectivity index (χ0n) is 5.99. The van der Waals surface area contributed by atoms with E-state index in [-0.39, 0.29) is 0 Å². The normalized spacial score (nSPS) is 15.5. The van der Waals surface area contributed by atoms with E-state index in [1.165, 1.54) is 6.33 Å². The summed E-state index contributed by atoms with van der Waals surface area (Å²) in [5.74, 6) is 0.406. The van der Waals surface area contributed by atoms with Gasteiger partial charge in [0.25, 0.3) is 0 Å². The summed E-state index contributed by atoms with van der Waals surface area (Å²) in [5.41, 5.74) is 0. The molecule has 0 atom stereocenters. The van der Waals surface area contributed by atoms with Gasteiger partial charge in [-0.2, -0.15) is 0 Å². The van der Waals surface area contributed by atoms with Gasteiger partial charge in [-0.3, -0.25) is 0 Å². The Balaban J connectivity index is 2.89. The average molecular weight is 148 g/mol. The molecule has 1 aliphatic carbocycles. The largest absolute Gasteiger partial charge is 0.512 e. The molecule has 2 rings (SSSR count). The van der Waals surface area contributed by atoms with Crippen LogP contribution >= 0.6 is 0 Å². The third-order valence-electron chi connectivity index (χ3n) is 1.77. The minimum atomic E-state index is 0.406. The summed E-state index contributed by atoms with van der Waals surface area (Å²) < 4.78 is 0. The van der Waals surface area contributed by atoms with Crippen LogP contribution in [0.15, 0.2) is 12.5 Å². The van der Waals surface area contributed by atoms with Crippen molar-refractivity contribution in [3.05, 3.63) is 23.1 Å². The van der Waals surface area contributed by atoms with Gasteiger partial charge in [-0.25, -0.2) is 9.97 Å². The van der Waals surface area contributed by atoms with E-state index in [0.717, 1.165) is 17.0 Å². The maximum Gasteiger partial charge on any atom is 0.116 e. The highest BCUT2D eigenvalue weighted by Crippen LogP contribution is 2.01. The Morgan fingerprint density at radius 2 is 2.36 bits per heavy atom. The first-order valence-corrected chi connectivity index (χ1v) is 3.56. The van der Waals surface area contributed by atoms with Gasteiger partial charge in [-0.15, -0.1) is 0 Å². The van der Waals surface area contributed by atoms with Gasteiger partial charge in [0, 0.05) is 12.6 Å². The number of hydrogen-bond acceptors (Lipinski definition) is 3. The van der Waals surface area contributed by atoms with Gasteiger partial charge in [0.15, 0.2) is 0 Å². The molecule has 0 radical (unpaired) electrons. The van der Waals surface area contributed by atoms with Crippen LogP contribution in [0.4, 0.5) is 0 Å². The number of fused-ring (bicyclic) bond motifs is 1. The fraction of sp³-hybridized carbons (Fsp3) is 0.250. The zero-order valence-corrected chi connectivity index (χ0v) is 5.99. The van der Waals surface area contributed by atoms with E-state index in [2.05, 4.69) is 9.97 Å². The molecule has 1 aromatic rings. The average Bonchev–Trinajstić information content (AvgIpc) is 2.06. The highest BCUT2D eigenvalue weighted by molar-refractivity contribution is 5.41. The van der Waals surface area contributed by atoms with Crippen LogP contribution < -0.4 is 10.6 Å². The minimum Gasteiger partial charge on any atom is -0.512 e. The van der Waals surface area contributed by atoms with Crippen LogP contribution in [-0.4, -0.2) is 15.1 Å². The number of rotatable bonds is 0. The van der Waals surface area contributed by atoms with Crippen LogP contribution in [0.1, 0.15) is 12.8 Å². The number of hydrogen-bond donors (Lipinski definition) is 1. The molecule has 56 valence electrons. The maximum atomic E-state index is 9.38. The van der Waals surface area contributed by atoms with Crippen molar-refractivity contribution < 1.29 is 5.11 Å². The second kappa shape index (κ2) is 2.34. The molecule has 1 N–H and O–H groups in total. The second-order valence-electron chi connectivity index (χ2n) is 2.51. The molecular weight excluding hydrogens is 140 g/mol. The number of aromatic nitrogens is 2. The van der Waals surface area contributed by atoms with Gasteiger partial charge in [0.1, 0.15) is 12.1 Å². The summed E-state index contributed by atoms with van der Waals surface area (Å²) in [5, 5.41) is 11.0. The molecule has 0 bridgehead atoms. The molecule has 0 spiro atoms. The van der Waals surface area contributed by atoms with Crippen LogP contribution in [0, 0.1) is 0 Å². The van der Waals surface area contributed by atoms with Crippen LogP contribution in [-0.2, 0) is 0 Å². The van der Waals surface area contributed by atoms with Gasteiger partial charge in [-0.05, 0) is 6.42 Å². The summed E-state index contributed by atoms with van der Waals surface area (Å²) in [4.78, 5) is 7.86. The quantitative estimate of drug-likeness (QED) is 0.550. The van der Waals surface area contributed by atoms with Crippen LogP contribution in [0.25, 0.3) is 11.8 Å². The van der Waals surface area contributed by atoms with Gasteiger partial charge < -0.3 is 5.11 Å². The number of aliphatic hydroxyl groups excluding tert-OH is 1. The molecule has 3 nitrogen and oxygen atoms in total. The van der Waals surface area contributed by atoms with Crippen LogP contribution in [0.5, 0.6) is 0 Å². The lowest BCUT2D eigenvalue weighted by Gasteiger charge is -2.01. The summed E-state index contributed by atoms with van der Waals surface area (Å²) >= 11 is 0. The zero-order chi connectivity index (χ0) is 7.68. The van der Waals surface area contributed by atoms with E-state index in [9.17, 15) is 5.11 Å². The molecule has 1 aromatic heterocycles. The third kappa shape index (κ3) is 0.981. The lowest BCUT2D eigenvalue weighted by atomic mass is 10.1. The lowest BCUT2D eigenvalue weighted by Crippen LogP contribution is -2.32. The predicted octanol–water partition coefficient (Wildman–Crippen LogP) is -0.283. The van der Waals surface area contributed by atoms with Crippen molar-refractivity contribution >= 4 is 11.8 Å². The van der Waals surface area contributed by atoms with E-state index in [1.807, 2.05) is 6.08 Å². The molecule has 0 aliphatic heterocycles. The first kappa shape index (κ1) is 6.34. The number of nitrogens with zero attached hydrogens (tertiary/aromatic N) is 2. The van der Waals surface area contributed by atoms with Crippen molar-refractivity contribution in [1.82, 2.24) is 9.97 Å². The van der Waals surface area contributed by atoms with Crippen molar-refractivity contribution in [2.75, 3.05) is 0 Å². The Bertz CT molecular complexity index is 383. The molecule has 0 saturated heterocycles. The molecule has 0 unspecified atom stereocenters. The molecule has 1 heterocycles. The Labute approximate surface area is 63.7 Å². The van der Waals surface area contributed by atoms with Crippen molar-refractivity contribution in [3.8, 4) is 0 Å². The number of aliphatic hydroxyl groups is 1. The van der Waals surface area contributed by atoms with Gasteiger partial charge in [0.2, 0.25) is 0 Å². The van der Waals surface area contributed by atoms with E-state index >= 15 is 0 Å².